The van der Waals surface area contributed by atoms with Crippen molar-refractivity contribution in [3.8, 4) is 0 Å². The number of nitrogens with two attached hydrogens (primary N) is 1. The van der Waals surface area contributed by atoms with E-state index in [4.69, 9.17) is 10.5 Å². The molecule has 1 aromatic carbocycles. The highest BCUT2D eigenvalue weighted by atomic mass is 16.6. The Hall–Kier alpha value is -2.24. The second-order valence-corrected chi connectivity index (χ2v) is 5.45. The minimum absolute atomic E-state index is 0.281. The summed E-state index contributed by atoms with van der Waals surface area (Å²) in [5.74, 6) is 0.588. The predicted molar refractivity (Wildman–Crippen MR) is 81.2 cm³/mol. The number of nitrogens with zero attached hydrogens (tertiary/aromatic N) is 3. The molecular formula is C15H20N4O2. The van der Waals surface area contributed by atoms with E-state index in [0.29, 0.717) is 31.7 Å². The molecule has 0 aromatic heterocycles. The Labute approximate surface area is 124 Å². The van der Waals surface area contributed by atoms with Crippen molar-refractivity contribution in [2.24, 2.45) is 10.7 Å². The Kier molecular flexibility index (Phi) is 3.68. The maximum absolute atomic E-state index is 11.5. The number of hydrogen-bond acceptors (Lipinski definition) is 3. The molecule has 0 atom stereocenters. The van der Waals surface area contributed by atoms with Gasteiger partial charge in [0.05, 0.1) is 13.1 Å². The zero-order valence-corrected chi connectivity index (χ0v) is 12.2. The molecule has 1 aliphatic carbocycles. The first-order valence-electron chi connectivity index (χ1n) is 7.21. The summed E-state index contributed by atoms with van der Waals surface area (Å²) in [4.78, 5) is 19.6. The lowest BCUT2D eigenvalue weighted by molar-refractivity contribution is 0.181. The molecule has 0 bridgehead atoms. The molecule has 0 unspecified atom stereocenters. The first kappa shape index (κ1) is 13.7. The van der Waals surface area contributed by atoms with E-state index in [1.54, 1.807) is 4.90 Å². The number of rotatable bonds is 4. The molecule has 0 spiro atoms. The first-order valence-corrected chi connectivity index (χ1v) is 7.21. The van der Waals surface area contributed by atoms with Crippen LogP contribution < -0.4 is 10.6 Å². The van der Waals surface area contributed by atoms with Crippen molar-refractivity contribution < 1.29 is 9.53 Å². The second kappa shape index (κ2) is 5.63. The molecule has 2 fully saturated rings. The van der Waals surface area contributed by atoms with Gasteiger partial charge in [0.2, 0.25) is 0 Å². The minimum atomic E-state index is -0.281. The number of carbonyl (C=O) groups is 1. The van der Waals surface area contributed by atoms with Gasteiger partial charge in [0.1, 0.15) is 6.61 Å². The first-order chi connectivity index (χ1) is 10.1. The lowest BCUT2D eigenvalue weighted by atomic mass is 10.2. The van der Waals surface area contributed by atoms with E-state index in [2.05, 4.69) is 4.99 Å². The maximum atomic E-state index is 11.5. The van der Waals surface area contributed by atoms with E-state index in [0.717, 1.165) is 11.3 Å². The van der Waals surface area contributed by atoms with E-state index in [-0.39, 0.29) is 6.09 Å². The number of aliphatic imine (C=N–C) groups is 1. The van der Waals surface area contributed by atoms with Crippen LogP contribution in [0.5, 0.6) is 0 Å². The van der Waals surface area contributed by atoms with Gasteiger partial charge in [-0.15, -0.1) is 0 Å². The van der Waals surface area contributed by atoms with E-state index < -0.39 is 0 Å². The van der Waals surface area contributed by atoms with Crippen molar-refractivity contribution in [1.82, 2.24) is 4.90 Å². The molecule has 2 aliphatic rings. The highest BCUT2D eigenvalue weighted by Crippen LogP contribution is 2.25. The van der Waals surface area contributed by atoms with Crippen molar-refractivity contribution in [1.29, 1.82) is 0 Å². The standard InChI is InChI=1S/C15H20N4O2/c1-18(12-6-7-12)14(16)17-10-11-2-4-13(5-3-11)19-8-9-21-15(19)20/h2-5,12H,6-10H2,1H3,(H2,16,17). The fourth-order valence-electron chi connectivity index (χ4n) is 2.34. The molecule has 3 rings (SSSR count). The molecule has 1 amide bonds. The van der Waals surface area contributed by atoms with Crippen molar-refractivity contribution in [3.05, 3.63) is 29.8 Å². The van der Waals surface area contributed by atoms with E-state index >= 15 is 0 Å². The molecule has 1 aromatic rings. The van der Waals surface area contributed by atoms with E-state index in [1.807, 2.05) is 36.2 Å². The Morgan fingerprint density at radius 2 is 2.14 bits per heavy atom. The molecule has 0 radical (unpaired) electrons. The summed E-state index contributed by atoms with van der Waals surface area (Å²) in [5.41, 5.74) is 7.88. The van der Waals surface area contributed by atoms with Crippen LogP contribution in [-0.2, 0) is 11.3 Å². The third-order valence-corrected chi connectivity index (χ3v) is 3.89. The number of anilines is 1. The van der Waals surface area contributed by atoms with Gasteiger partial charge in [-0.05, 0) is 30.5 Å². The molecule has 6 nitrogen and oxygen atoms in total. The number of hydrogen-bond donors (Lipinski definition) is 1. The summed E-state index contributed by atoms with van der Waals surface area (Å²) in [5, 5.41) is 0. The Morgan fingerprint density at radius 1 is 1.43 bits per heavy atom. The van der Waals surface area contributed by atoms with Gasteiger partial charge in [-0.1, -0.05) is 12.1 Å². The predicted octanol–water partition coefficient (Wildman–Crippen LogP) is 1.55. The van der Waals surface area contributed by atoms with Gasteiger partial charge in [0, 0.05) is 18.8 Å². The number of carbonyl (C=O) groups excluding carboxylic acids is 1. The third-order valence-electron chi connectivity index (χ3n) is 3.89. The summed E-state index contributed by atoms with van der Waals surface area (Å²) >= 11 is 0. The molecule has 2 N–H and O–H groups in total. The smallest absolute Gasteiger partial charge is 0.414 e. The molecule has 112 valence electrons. The highest BCUT2D eigenvalue weighted by molar-refractivity contribution is 5.89. The van der Waals surface area contributed by atoms with Gasteiger partial charge < -0.3 is 15.4 Å². The number of cyclic esters (lactones) is 1. The summed E-state index contributed by atoms with van der Waals surface area (Å²) in [6, 6.07) is 8.33. The van der Waals surface area contributed by atoms with Gasteiger partial charge >= 0.3 is 6.09 Å². The van der Waals surface area contributed by atoms with Crippen LogP contribution >= 0.6 is 0 Å². The van der Waals surface area contributed by atoms with Crippen LogP contribution in [-0.4, -0.2) is 43.2 Å². The van der Waals surface area contributed by atoms with Crippen molar-refractivity contribution in [3.63, 3.8) is 0 Å². The van der Waals surface area contributed by atoms with Crippen molar-refractivity contribution in [2.45, 2.75) is 25.4 Å². The van der Waals surface area contributed by atoms with Crippen LogP contribution in [0.15, 0.2) is 29.3 Å². The lowest BCUT2D eigenvalue weighted by Gasteiger charge is -2.17. The SMILES string of the molecule is CN(C(N)=NCc1ccc(N2CCOC2=O)cc1)C1CC1. The molecular weight excluding hydrogens is 268 g/mol. The Bertz CT molecular complexity index is 551. The number of amides is 1. The average molecular weight is 288 g/mol. The topological polar surface area (TPSA) is 71.2 Å². The Morgan fingerprint density at radius 3 is 2.71 bits per heavy atom. The third kappa shape index (κ3) is 3.09. The van der Waals surface area contributed by atoms with Crippen LogP contribution in [0, 0.1) is 0 Å². The highest BCUT2D eigenvalue weighted by Gasteiger charge is 2.27. The molecule has 21 heavy (non-hydrogen) atoms. The Balaban J connectivity index is 1.61. The molecule has 6 heteroatoms. The fraction of sp³-hybridized carbons (Fsp3) is 0.467. The van der Waals surface area contributed by atoms with Gasteiger partial charge in [0.15, 0.2) is 5.96 Å². The van der Waals surface area contributed by atoms with Crippen LogP contribution in [0.2, 0.25) is 0 Å². The monoisotopic (exact) mass is 288 g/mol. The largest absolute Gasteiger partial charge is 0.447 e. The van der Waals surface area contributed by atoms with Gasteiger partial charge in [-0.2, -0.15) is 0 Å². The lowest BCUT2D eigenvalue weighted by Crippen LogP contribution is -2.35. The summed E-state index contributed by atoms with van der Waals surface area (Å²) < 4.78 is 4.93. The van der Waals surface area contributed by atoms with E-state index in [9.17, 15) is 4.79 Å². The number of benzene rings is 1. The second-order valence-electron chi connectivity index (χ2n) is 5.45. The summed E-state index contributed by atoms with van der Waals surface area (Å²) in [6.45, 7) is 1.61. The number of ether oxygens (including phenoxy) is 1. The molecule has 1 aliphatic heterocycles. The zero-order valence-electron chi connectivity index (χ0n) is 12.2. The normalized spacial score (nSPS) is 18.8. The molecule has 1 saturated carbocycles. The average Bonchev–Trinajstić information content (AvgIpc) is 3.26. The van der Waals surface area contributed by atoms with Gasteiger partial charge in [-0.3, -0.25) is 4.90 Å². The maximum Gasteiger partial charge on any atom is 0.414 e. The molecule has 1 heterocycles. The van der Waals surface area contributed by atoms with Crippen LogP contribution in [0.4, 0.5) is 10.5 Å². The van der Waals surface area contributed by atoms with Crippen LogP contribution in [0.25, 0.3) is 0 Å². The van der Waals surface area contributed by atoms with Crippen LogP contribution in [0.1, 0.15) is 18.4 Å². The summed E-state index contributed by atoms with van der Waals surface area (Å²) in [6.07, 6.45) is 2.12. The minimum Gasteiger partial charge on any atom is -0.447 e. The number of guanidine groups is 1. The van der Waals surface area contributed by atoms with Crippen molar-refractivity contribution >= 4 is 17.7 Å². The molecule has 1 saturated heterocycles. The summed E-state index contributed by atoms with van der Waals surface area (Å²) in [7, 11) is 1.98. The van der Waals surface area contributed by atoms with Gasteiger partial charge in [-0.25, -0.2) is 9.79 Å². The fourth-order valence-corrected chi connectivity index (χ4v) is 2.34. The van der Waals surface area contributed by atoms with Crippen LogP contribution in [0.3, 0.4) is 0 Å². The van der Waals surface area contributed by atoms with Gasteiger partial charge in [0.25, 0.3) is 0 Å². The van der Waals surface area contributed by atoms with E-state index in [1.165, 1.54) is 12.8 Å². The quantitative estimate of drug-likeness (QED) is 0.674. The zero-order chi connectivity index (χ0) is 14.8. The van der Waals surface area contributed by atoms with Crippen molar-refractivity contribution in [2.75, 3.05) is 25.1 Å².